The van der Waals surface area contributed by atoms with E-state index in [1.807, 2.05) is 18.2 Å². The third kappa shape index (κ3) is 4.81. The molecule has 0 atom stereocenters. The molecule has 1 aromatic carbocycles. The smallest absolute Gasteiger partial charge is 0.297 e. The minimum absolute atomic E-state index is 0.551. The summed E-state index contributed by atoms with van der Waals surface area (Å²) in [6.07, 6.45) is -3.45. The molecule has 2 heterocycles. The van der Waals surface area contributed by atoms with E-state index in [4.69, 9.17) is 5.26 Å². The van der Waals surface area contributed by atoms with Crippen LogP contribution in [0, 0.1) is 11.3 Å². The van der Waals surface area contributed by atoms with E-state index < -0.39 is 11.7 Å². The zero-order valence-corrected chi connectivity index (χ0v) is 14.2. The Bertz CT molecular complexity index is 773. The molecular weight excluding hydrogens is 341 g/mol. The van der Waals surface area contributed by atoms with Crippen LogP contribution in [0.15, 0.2) is 42.6 Å². The van der Waals surface area contributed by atoms with E-state index >= 15 is 0 Å². The Morgan fingerprint density at radius 3 is 2.27 bits per heavy atom. The van der Waals surface area contributed by atoms with E-state index in [1.54, 1.807) is 6.07 Å². The van der Waals surface area contributed by atoms with Gasteiger partial charge in [-0.15, -0.1) is 0 Å². The first-order valence-corrected chi connectivity index (χ1v) is 8.40. The zero-order chi connectivity index (χ0) is 18.6. The van der Waals surface area contributed by atoms with Gasteiger partial charge in [-0.3, -0.25) is 14.8 Å². The largest absolute Gasteiger partial charge is 0.417 e. The highest BCUT2D eigenvalue weighted by molar-refractivity contribution is 5.32. The van der Waals surface area contributed by atoms with Gasteiger partial charge in [0.25, 0.3) is 0 Å². The summed E-state index contributed by atoms with van der Waals surface area (Å²) in [7, 11) is 0. The molecule has 136 valence electrons. The molecular formula is C19H19F3N4. The minimum Gasteiger partial charge on any atom is -0.297 e. The van der Waals surface area contributed by atoms with E-state index in [0.29, 0.717) is 17.8 Å². The highest BCUT2D eigenvalue weighted by Crippen LogP contribution is 2.28. The number of rotatable bonds is 4. The number of piperazine rings is 1. The maximum absolute atomic E-state index is 12.6. The first-order valence-electron chi connectivity index (χ1n) is 8.40. The Morgan fingerprint density at radius 2 is 1.69 bits per heavy atom. The second-order valence-corrected chi connectivity index (χ2v) is 6.40. The summed E-state index contributed by atoms with van der Waals surface area (Å²) >= 11 is 0. The second kappa shape index (κ2) is 7.85. The average molecular weight is 360 g/mol. The summed E-state index contributed by atoms with van der Waals surface area (Å²) in [6, 6.07) is 12.3. The first-order chi connectivity index (χ1) is 12.4. The third-order valence-electron chi connectivity index (χ3n) is 4.46. The van der Waals surface area contributed by atoms with E-state index in [2.05, 4.69) is 20.9 Å². The van der Waals surface area contributed by atoms with Crippen molar-refractivity contribution in [3.8, 4) is 6.07 Å². The van der Waals surface area contributed by atoms with Crippen LogP contribution in [0.5, 0.6) is 0 Å². The van der Waals surface area contributed by atoms with Crippen molar-refractivity contribution in [2.45, 2.75) is 19.3 Å². The van der Waals surface area contributed by atoms with Crippen LogP contribution < -0.4 is 0 Å². The van der Waals surface area contributed by atoms with Crippen LogP contribution in [0.2, 0.25) is 0 Å². The normalized spacial score (nSPS) is 16.4. The Kier molecular flexibility index (Phi) is 5.55. The van der Waals surface area contributed by atoms with E-state index in [-0.39, 0.29) is 0 Å². The summed E-state index contributed by atoms with van der Waals surface area (Å²) < 4.78 is 37.7. The lowest BCUT2D eigenvalue weighted by atomic mass is 10.1. The number of benzene rings is 1. The lowest BCUT2D eigenvalue weighted by Crippen LogP contribution is -2.45. The van der Waals surface area contributed by atoms with Gasteiger partial charge in [0.1, 0.15) is 0 Å². The maximum Gasteiger partial charge on any atom is 0.417 e. The van der Waals surface area contributed by atoms with Crippen LogP contribution in [0.25, 0.3) is 0 Å². The molecule has 1 aliphatic heterocycles. The number of pyridine rings is 1. The maximum atomic E-state index is 12.6. The summed E-state index contributed by atoms with van der Waals surface area (Å²) in [5, 5.41) is 8.97. The molecule has 0 saturated carbocycles. The molecule has 1 aromatic heterocycles. The Morgan fingerprint density at radius 1 is 1.00 bits per heavy atom. The molecule has 2 aromatic rings. The fourth-order valence-electron chi connectivity index (χ4n) is 3.02. The monoisotopic (exact) mass is 360 g/mol. The van der Waals surface area contributed by atoms with Gasteiger partial charge in [-0.05, 0) is 29.8 Å². The summed E-state index contributed by atoms with van der Waals surface area (Å²) in [4.78, 5) is 8.44. The van der Waals surface area contributed by atoms with Crippen molar-refractivity contribution in [3.63, 3.8) is 0 Å². The Hall–Kier alpha value is -2.43. The van der Waals surface area contributed by atoms with Crippen LogP contribution in [0.1, 0.15) is 22.4 Å². The highest BCUT2D eigenvalue weighted by Gasteiger charge is 2.30. The molecule has 0 radical (unpaired) electrons. The first kappa shape index (κ1) is 18.4. The molecule has 1 saturated heterocycles. The molecule has 26 heavy (non-hydrogen) atoms. The number of alkyl halides is 3. The fraction of sp³-hybridized carbons (Fsp3) is 0.368. The van der Waals surface area contributed by atoms with E-state index in [1.165, 1.54) is 6.07 Å². The summed E-state index contributed by atoms with van der Waals surface area (Å²) in [6.45, 7) is 4.76. The van der Waals surface area contributed by atoms with Crippen molar-refractivity contribution in [2.75, 3.05) is 26.2 Å². The molecule has 0 spiro atoms. The number of halogens is 3. The molecule has 7 heteroatoms. The highest BCUT2D eigenvalue weighted by atomic mass is 19.4. The van der Waals surface area contributed by atoms with Gasteiger partial charge in [0.05, 0.1) is 22.9 Å². The van der Waals surface area contributed by atoms with Crippen molar-refractivity contribution in [2.24, 2.45) is 0 Å². The molecule has 0 amide bonds. The van der Waals surface area contributed by atoms with E-state index in [0.717, 1.165) is 50.6 Å². The predicted octanol–water partition coefficient (Wildman–Crippen LogP) is 3.29. The molecule has 1 fully saturated rings. The van der Waals surface area contributed by atoms with Crippen molar-refractivity contribution in [3.05, 3.63) is 65.0 Å². The van der Waals surface area contributed by atoms with Crippen molar-refractivity contribution >= 4 is 0 Å². The van der Waals surface area contributed by atoms with Crippen LogP contribution in [0.3, 0.4) is 0 Å². The number of aromatic nitrogens is 1. The topological polar surface area (TPSA) is 43.2 Å². The number of nitriles is 1. The quantitative estimate of drug-likeness (QED) is 0.839. The lowest BCUT2D eigenvalue weighted by Gasteiger charge is -2.34. The van der Waals surface area contributed by atoms with Gasteiger partial charge in [0, 0.05) is 45.5 Å². The van der Waals surface area contributed by atoms with Crippen molar-refractivity contribution < 1.29 is 13.2 Å². The van der Waals surface area contributed by atoms with Gasteiger partial charge in [0.2, 0.25) is 0 Å². The van der Waals surface area contributed by atoms with Crippen LogP contribution in [-0.2, 0) is 19.3 Å². The molecule has 0 aliphatic carbocycles. The van der Waals surface area contributed by atoms with Crippen LogP contribution in [0.4, 0.5) is 13.2 Å². The number of hydrogen-bond donors (Lipinski definition) is 0. The predicted molar refractivity (Wildman–Crippen MR) is 91.0 cm³/mol. The molecule has 1 aliphatic rings. The fourth-order valence-corrected chi connectivity index (χ4v) is 3.02. The van der Waals surface area contributed by atoms with Gasteiger partial charge < -0.3 is 0 Å². The van der Waals surface area contributed by atoms with Crippen molar-refractivity contribution in [1.82, 2.24) is 14.8 Å². The van der Waals surface area contributed by atoms with Gasteiger partial charge >= 0.3 is 6.18 Å². The summed E-state index contributed by atoms with van der Waals surface area (Å²) in [5.74, 6) is 0. The van der Waals surface area contributed by atoms with Crippen molar-refractivity contribution in [1.29, 1.82) is 5.26 Å². The van der Waals surface area contributed by atoms with Gasteiger partial charge in [-0.25, -0.2) is 0 Å². The number of hydrogen-bond acceptors (Lipinski definition) is 4. The molecule has 4 nitrogen and oxygen atoms in total. The molecule has 0 unspecified atom stereocenters. The Labute approximate surface area is 150 Å². The zero-order valence-electron chi connectivity index (χ0n) is 14.2. The summed E-state index contributed by atoms with van der Waals surface area (Å²) in [5.41, 5.74) is 1.70. The van der Waals surface area contributed by atoms with Gasteiger partial charge in [-0.2, -0.15) is 18.4 Å². The second-order valence-electron chi connectivity index (χ2n) is 6.40. The average Bonchev–Trinajstić information content (AvgIpc) is 2.63. The van der Waals surface area contributed by atoms with Crippen LogP contribution >= 0.6 is 0 Å². The molecule has 0 N–H and O–H groups in total. The minimum atomic E-state index is -4.35. The molecule has 0 bridgehead atoms. The number of nitrogens with zero attached hydrogens (tertiary/aromatic N) is 4. The lowest BCUT2D eigenvalue weighted by molar-refractivity contribution is -0.137. The molecule has 3 rings (SSSR count). The van der Waals surface area contributed by atoms with Gasteiger partial charge in [0.15, 0.2) is 0 Å². The van der Waals surface area contributed by atoms with Gasteiger partial charge in [-0.1, -0.05) is 12.1 Å². The standard InChI is InChI=1S/C19H19F3N4/c20-19(21,22)17-4-5-18(24-12-17)14-26-8-6-25(7-9-26)13-16-3-1-2-15(10-16)11-23/h1-5,10,12H,6-9,13-14H2. The van der Waals surface area contributed by atoms with E-state index in [9.17, 15) is 13.2 Å². The SMILES string of the molecule is N#Cc1cccc(CN2CCN(Cc3ccc(C(F)(F)F)cn3)CC2)c1. The third-order valence-corrected chi connectivity index (χ3v) is 4.46. The van der Waals surface area contributed by atoms with Crippen LogP contribution in [-0.4, -0.2) is 41.0 Å². The Balaban J connectivity index is 1.50.